The molecule has 4 heteroatoms. The first-order valence-electron chi connectivity index (χ1n) is 7.03. The van der Waals surface area contributed by atoms with Gasteiger partial charge in [0.25, 0.3) is 0 Å². The summed E-state index contributed by atoms with van der Waals surface area (Å²) in [5.74, 6) is 0.662. The molecule has 0 radical (unpaired) electrons. The number of fused-ring (bicyclic) bond motifs is 1. The van der Waals surface area contributed by atoms with Gasteiger partial charge in [0.2, 0.25) is 5.91 Å². The Labute approximate surface area is 108 Å². The van der Waals surface area contributed by atoms with E-state index in [1.54, 1.807) is 0 Å². The zero-order chi connectivity index (χ0) is 12.5. The minimum atomic E-state index is 0.286. The van der Waals surface area contributed by atoms with Gasteiger partial charge in [0, 0.05) is 25.9 Å². The maximum atomic E-state index is 12.5. The summed E-state index contributed by atoms with van der Waals surface area (Å²) in [6.07, 6.45) is 8.70. The summed E-state index contributed by atoms with van der Waals surface area (Å²) in [7, 11) is 2.01. The highest BCUT2D eigenvalue weighted by molar-refractivity contribution is 5.79. The van der Waals surface area contributed by atoms with Crippen molar-refractivity contribution in [2.24, 2.45) is 13.0 Å². The molecule has 4 nitrogen and oxygen atoms in total. The van der Waals surface area contributed by atoms with Gasteiger partial charge in [-0.3, -0.25) is 4.79 Å². The highest BCUT2D eigenvalue weighted by atomic mass is 16.2. The van der Waals surface area contributed by atoms with Crippen molar-refractivity contribution in [3.63, 3.8) is 0 Å². The van der Waals surface area contributed by atoms with Crippen molar-refractivity contribution in [2.45, 2.75) is 45.1 Å². The fourth-order valence-electron chi connectivity index (χ4n) is 3.21. The molecule has 0 saturated heterocycles. The Kier molecular flexibility index (Phi) is 3.10. The highest BCUT2D eigenvalue weighted by Crippen LogP contribution is 2.27. The molecular formula is C14H21N3O. The van der Waals surface area contributed by atoms with Gasteiger partial charge in [-0.2, -0.15) is 0 Å². The predicted octanol–water partition coefficient (Wildman–Crippen LogP) is 1.89. The van der Waals surface area contributed by atoms with E-state index in [9.17, 15) is 4.79 Å². The van der Waals surface area contributed by atoms with E-state index in [1.165, 1.54) is 30.7 Å². The van der Waals surface area contributed by atoms with Crippen LogP contribution < -0.4 is 0 Å². The minimum Gasteiger partial charge on any atom is -0.336 e. The fourth-order valence-corrected chi connectivity index (χ4v) is 3.21. The van der Waals surface area contributed by atoms with Crippen LogP contribution in [0.15, 0.2) is 6.33 Å². The molecule has 0 N–H and O–H groups in total. The van der Waals surface area contributed by atoms with Crippen molar-refractivity contribution in [2.75, 3.05) is 6.54 Å². The Bertz CT molecular complexity index is 446. The molecule has 1 amide bonds. The van der Waals surface area contributed by atoms with Crippen LogP contribution in [0.4, 0.5) is 0 Å². The van der Waals surface area contributed by atoms with Gasteiger partial charge < -0.3 is 9.47 Å². The molecule has 1 saturated carbocycles. The van der Waals surface area contributed by atoms with Crippen LogP contribution in [0.2, 0.25) is 0 Å². The molecule has 1 fully saturated rings. The van der Waals surface area contributed by atoms with E-state index in [2.05, 4.69) is 9.55 Å². The third-order valence-electron chi connectivity index (χ3n) is 4.37. The van der Waals surface area contributed by atoms with Crippen molar-refractivity contribution >= 4 is 5.91 Å². The van der Waals surface area contributed by atoms with E-state index in [0.29, 0.717) is 5.91 Å². The Morgan fingerprint density at radius 1 is 1.33 bits per heavy atom. The lowest BCUT2D eigenvalue weighted by atomic mass is 9.88. The third kappa shape index (κ3) is 2.04. The maximum Gasteiger partial charge on any atom is 0.226 e. The average molecular weight is 247 g/mol. The van der Waals surface area contributed by atoms with Crippen molar-refractivity contribution in [1.82, 2.24) is 14.5 Å². The van der Waals surface area contributed by atoms with E-state index < -0.39 is 0 Å². The summed E-state index contributed by atoms with van der Waals surface area (Å²) in [5, 5.41) is 0. The van der Waals surface area contributed by atoms with E-state index in [-0.39, 0.29) is 5.92 Å². The number of hydrogen-bond acceptors (Lipinski definition) is 2. The number of carbonyl (C=O) groups is 1. The first-order valence-corrected chi connectivity index (χ1v) is 7.03. The van der Waals surface area contributed by atoms with Crippen LogP contribution in [0.3, 0.4) is 0 Å². The van der Waals surface area contributed by atoms with E-state index in [4.69, 9.17) is 0 Å². The molecule has 0 spiro atoms. The number of aryl methyl sites for hydroxylation is 1. The smallest absolute Gasteiger partial charge is 0.226 e. The summed E-state index contributed by atoms with van der Waals surface area (Å²) in [6, 6.07) is 0. The molecule has 2 aliphatic rings. The quantitative estimate of drug-likeness (QED) is 0.760. The predicted molar refractivity (Wildman–Crippen MR) is 68.9 cm³/mol. The number of amides is 1. The van der Waals surface area contributed by atoms with Crippen LogP contribution in [0, 0.1) is 5.92 Å². The van der Waals surface area contributed by atoms with E-state index in [1.807, 2.05) is 18.3 Å². The summed E-state index contributed by atoms with van der Waals surface area (Å²) >= 11 is 0. The lowest BCUT2D eigenvalue weighted by molar-refractivity contribution is -0.137. The molecule has 98 valence electrons. The van der Waals surface area contributed by atoms with Gasteiger partial charge in [0.1, 0.15) is 0 Å². The van der Waals surface area contributed by atoms with Crippen LogP contribution in [0.1, 0.15) is 43.5 Å². The van der Waals surface area contributed by atoms with Gasteiger partial charge in [-0.15, -0.1) is 0 Å². The van der Waals surface area contributed by atoms with Gasteiger partial charge in [0.15, 0.2) is 0 Å². The standard InChI is InChI=1S/C14H21N3O/c1-16-10-15-12-7-8-17(9-13(12)16)14(18)11-5-3-2-4-6-11/h10-11H,2-9H2,1H3. The molecular weight excluding hydrogens is 226 g/mol. The zero-order valence-corrected chi connectivity index (χ0v) is 11.1. The lowest BCUT2D eigenvalue weighted by Crippen LogP contribution is -2.40. The van der Waals surface area contributed by atoms with E-state index in [0.717, 1.165) is 32.4 Å². The van der Waals surface area contributed by atoms with Crippen molar-refractivity contribution < 1.29 is 4.79 Å². The Morgan fingerprint density at radius 2 is 2.11 bits per heavy atom. The Balaban J connectivity index is 1.71. The summed E-state index contributed by atoms with van der Waals surface area (Å²) in [4.78, 5) is 18.9. The average Bonchev–Trinajstić information content (AvgIpc) is 2.80. The van der Waals surface area contributed by atoms with Gasteiger partial charge in [0.05, 0.1) is 24.3 Å². The SMILES string of the molecule is Cn1cnc2c1CN(C(=O)C1CCCCC1)CC2. The number of hydrogen-bond donors (Lipinski definition) is 0. The second-order valence-corrected chi connectivity index (χ2v) is 5.59. The minimum absolute atomic E-state index is 0.286. The van der Waals surface area contributed by atoms with Gasteiger partial charge in [-0.25, -0.2) is 4.98 Å². The highest BCUT2D eigenvalue weighted by Gasteiger charge is 2.29. The lowest BCUT2D eigenvalue weighted by Gasteiger charge is -2.32. The summed E-state index contributed by atoms with van der Waals surface area (Å²) < 4.78 is 2.05. The number of rotatable bonds is 1. The molecule has 0 unspecified atom stereocenters. The topological polar surface area (TPSA) is 38.1 Å². The number of imidazole rings is 1. The molecule has 2 heterocycles. The monoisotopic (exact) mass is 247 g/mol. The molecule has 18 heavy (non-hydrogen) atoms. The number of nitrogens with zero attached hydrogens (tertiary/aromatic N) is 3. The second-order valence-electron chi connectivity index (χ2n) is 5.59. The summed E-state index contributed by atoms with van der Waals surface area (Å²) in [5.41, 5.74) is 2.38. The molecule has 1 aromatic rings. The molecule has 1 aromatic heterocycles. The van der Waals surface area contributed by atoms with Crippen molar-refractivity contribution in [1.29, 1.82) is 0 Å². The normalized spacial score (nSPS) is 20.8. The van der Waals surface area contributed by atoms with Crippen molar-refractivity contribution in [3.05, 3.63) is 17.7 Å². The molecule has 1 aliphatic heterocycles. The zero-order valence-electron chi connectivity index (χ0n) is 11.1. The molecule has 0 atom stereocenters. The van der Waals surface area contributed by atoms with Gasteiger partial charge in [-0.1, -0.05) is 19.3 Å². The Hall–Kier alpha value is -1.32. The largest absolute Gasteiger partial charge is 0.336 e. The molecule has 1 aliphatic carbocycles. The van der Waals surface area contributed by atoms with Crippen LogP contribution >= 0.6 is 0 Å². The molecule has 0 aromatic carbocycles. The van der Waals surface area contributed by atoms with Crippen LogP contribution in [0.25, 0.3) is 0 Å². The first kappa shape index (κ1) is 11.8. The van der Waals surface area contributed by atoms with E-state index >= 15 is 0 Å². The van der Waals surface area contributed by atoms with Crippen LogP contribution in [-0.2, 0) is 24.8 Å². The van der Waals surface area contributed by atoms with Gasteiger partial charge in [-0.05, 0) is 12.8 Å². The van der Waals surface area contributed by atoms with Crippen LogP contribution in [-0.4, -0.2) is 26.9 Å². The number of aromatic nitrogens is 2. The first-order chi connectivity index (χ1) is 8.75. The second kappa shape index (κ2) is 4.75. The Morgan fingerprint density at radius 3 is 2.89 bits per heavy atom. The van der Waals surface area contributed by atoms with Gasteiger partial charge >= 0.3 is 0 Å². The molecule has 0 bridgehead atoms. The maximum absolute atomic E-state index is 12.5. The summed E-state index contributed by atoms with van der Waals surface area (Å²) in [6.45, 7) is 1.60. The molecule has 3 rings (SSSR count). The van der Waals surface area contributed by atoms with Crippen LogP contribution in [0.5, 0.6) is 0 Å². The fraction of sp³-hybridized carbons (Fsp3) is 0.714. The third-order valence-corrected chi connectivity index (χ3v) is 4.37. The van der Waals surface area contributed by atoms with Crippen molar-refractivity contribution in [3.8, 4) is 0 Å². The number of carbonyl (C=O) groups excluding carboxylic acids is 1.